The minimum Gasteiger partial charge on any atom is -0.353 e. The van der Waals surface area contributed by atoms with Crippen molar-refractivity contribution < 1.29 is 18.0 Å². The Morgan fingerprint density at radius 3 is 2.32 bits per heavy atom. The first kappa shape index (κ1) is 19.9. The summed E-state index contributed by atoms with van der Waals surface area (Å²) in [4.78, 5) is 23.7. The Hall–Kier alpha value is -2.90. The highest BCUT2D eigenvalue weighted by Crippen LogP contribution is 2.30. The molecule has 1 saturated heterocycles. The standard InChI is InChI=1S/C20H21F3N4O/c1-14(12-16-6-4-3-5-7-16)19(28)27-10-8-26(9-11-27)18-13-17(20(21,22)23)24-15(2)25-18/h3-7,12-13H,8-11H2,1-2H3. The van der Waals surface area contributed by atoms with Gasteiger partial charge in [-0.05, 0) is 25.5 Å². The third-order valence-corrected chi connectivity index (χ3v) is 4.53. The summed E-state index contributed by atoms with van der Waals surface area (Å²) >= 11 is 0. The number of carbonyl (C=O) groups excluding carboxylic acids is 1. The van der Waals surface area contributed by atoms with Gasteiger partial charge in [0.05, 0.1) is 0 Å². The molecule has 2 aromatic rings. The molecule has 28 heavy (non-hydrogen) atoms. The van der Waals surface area contributed by atoms with Crippen LogP contribution >= 0.6 is 0 Å². The number of anilines is 1. The Morgan fingerprint density at radius 2 is 1.71 bits per heavy atom. The number of benzene rings is 1. The number of halogens is 3. The second kappa shape index (κ2) is 8.00. The lowest BCUT2D eigenvalue weighted by atomic mass is 10.1. The van der Waals surface area contributed by atoms with Gasteiger partial charge in [0.2, 0.25) is 5.91 Å². The van der Waals surface area contributed by atoms with Crippen molar-refractivity contribution in [3.05, 3.63) is 59.1 Å². The van der Waals surface area contributed by atoms with Crippen molar-refractivity contribution in [1.82, 2.24) is 14.9 Å². The van der Waals surface area contributed by atoms with E-state index in [-0.39, 0.29) is 17.5 Å². The van der Waals surface area contributed by atoms with Crippen LogP contribution in [0, 0.1) is 6.92 Å². The van der Waals surface area contributed by atoms with Crippen LogP contribution in [-0.2, 0) is 11.0 Å². The third-order valence-electron chi connectivity index (χ3n) is 4.53. The molecule has 5 nitrogen and oxygen atoms in total. The number of hydrogen-bond donors (Lipinski definition) is 0. The number of amides is 1. The molecule has 0 N–H and O–H groups in total. The Labute approximate surface area is 161 Å². The van der Waals surface area contributed by atoms with Gasteiger partial charge in [0.1, 0.15) is 17.3 Å². The van der Waals surface area contributed by atoms with Crippen molar-refractivity contribution in [1.29, 1.82) is 0 Å². The van der Waals surface area contributed by atoms with E-state index in [0.717, 1.165) is 11.6 Å². The summed E-state index contributed by atoms with van der Waals surface area (Å²) in [6, 6.07) is 10.5. The van der Waals surface area contributed by atoms with Gasteiger partial charge in [-0.3, -0.25) is 4.79 Å². The van der Waals surface area contributed by atoms with Crippen LogP contribution in [0.1, 0.15) is 24.0 Å². The number of alkyl halides is 3. The van der Waals surface area contributed by atoms with E-state index in [1.807, 2.05) is 36.4 Å². The molecule has 148 valence electrons. The lowest BCUT2D eigenvalue weighted by molar-refractivity contribution is -0.141. The first-order valence-corrected chi connectivity index (χ1v) is 8.94. The van der Waals surface area contributed by atoms with Crippen molar-refractivity contribution in [2.45, 2.75) is 20.0 Å². The van der Waals surface area contributed by atoms with Gasteiger partial charge in [-0.1, -0.05) is 30.3 Å². The fourth-order valence-corrected chi connectivity index (χ4v) is 3.11. The smallest absolute Gasteiger partial charge is 0.353 e. The topological polar surface area (TPSA) is 49.3 Å². The molecular formula is C20H21F3N4O. The van der Waals surface area contributed by atoms with E-state index in [0.29, 0.717) is 31.8 Å². The van der Waals surface area contributed by atoms with E-state index in [9.17, 15) is 18.0 Å². The molecule has 1 aromatic carbocycles. The Balaban J connectivity index is 1.67. The fraction of sp³-hybridized carbons (Fsp3) is 0.350. The van der Waals surface area contributed by atoms with Crippen molar-refractivity contribution in [2.75, 3.05) is 31.1 Å². The summed E-state index contributed by atoms with van der Waals surface area (Å²) in [7, 11) is 0. The highest BCUT2D eigenvalue weighted by molar-refractivity contribution is 5.97. The van der Waals surface area contributed by atoms with Crippen LogP contribution in [0.4, 0.5) is 19.0 Å². The molecule has 0 aliphatic carbocycles. The Bertz CT molecular complexity index is 873. The molecule has 1 aliphatic heterocycles. The zero-order chi connectivity index (χ0) is 20.3. The fourth-order valence-electron chi connectivity index (χ4n) is 3.11. The van der Waals surface area contributed by atoms with Gasteiger partial charge in [-0.25, -0.2) is 9.97 Å². The number of hydrogen-bond acceptors (Lipinski definition) is 4. The third kappa shape index (κ3) is 4.68. The second-order valence-electron chi connectivity index (χ2n) is 6.67. The predicted octanol–water partition coefficient (Wildman–Crippen LogP) is 3.56. The highest BCUT2D eigenvalue weighted by Gasteiger charge is 2.34. The lowest BCUT2D eigenvalue weighted by Crippen LogP contribution is -2.49. The Kier molecular flexibility index (Phi) is 5.67. The van der Waals surface area contributed by atoms with Crippen LogP contribution in [-0.4, -0.2) is 47.0 Å². The molecule has 0 saturated carbocycles. The SMILES string of the molecule is CC(=Cc1ccccc1)C(=O)N1CCN(c2cc(C(F)(F)F)nc(C)n2)CC1. The van der Waals surface area contributed by atoms with Crippen LogP contribution in [0.3, 0.4) is 0 Å². The number of aromatic nitrogens is 2. The van der Waals surface area contributed by atoms with Crippen LogP contribution < -0.4 is 4.90 Å². The maximum atomic E-state index is 13.0. The molecule has 1 aliphatic rings. The number of aryl methyl sites for hydroxylation is 1. The molecule has 0 atom stereocenters. The van der Waals surface area contributed by atoms with Gasteiger partial charge >= 0.3 is 6.18 Å². The van der Waals surface area contributed by atoms with Gasteiger partial charge in [-0.2, -0.15) is 13.2 Å². The van der Waals surface area contributed by atoms with Gasteiger partial charge < -0.3 is 9.80 Å². The van der Waals surface area contributed by atoms with Gasteiger partial charge in [0.25, 0.3) is 0 Å². The van der Waals surface area contributed by atoms with E-state index in [4.69, 9.17) is 0 Å². The van der Waals surface area contributed by atoms with Gasteiger partial charge in [-0.15, -0.1) is 0 Å². The van der Waals surface area contributed by atoms with E-state index < -0.39 is 11.9 Å². The molecule has 0 spiro atoms. The predicted molar refractivity (Wildman–Crippen MR) is 101 cm³/mol. The maximum Gasteiger partial charge on any atom is 0.433 e. The summed E-state index contributed by atoms with van der Waals surface area (Å²) in [6.45, 7) is 4.88. The molecule has 1 fully saturated rings. The lowest BCUT2D eigenvalue weighted by Gasteiger charge is -2.35. The molecule has 0 radical (unpaired) electrons. The molecule has 0 unspecified atom stereocenters. The Morgan fingerprint density at radius 1 is 1.07 bits per heavy atom. The van der Waals surface area contributed by atoms with E-state index >= 15 is 0 Å². The van der Waals surface area contributed by atoms with E-state index in [1.54, 1.807) is 16.7 Å². The van der Waals surface area contributed by atoms with Crippen LogP contribution in [0.25, 0.3) is 6.08 Å². The zero-order valence-corrected chi connectivity index (χ0v) is 15.7. The van der Waals surface area contributed by atoms with Crippen molar-refractivity contribution >= 4 is 17.8 Å². The summed E-state index contributed by atoms with van der Waals surface area (Å²) < 4.78 is 38.9. The summed E-state index contributed by atoms with van der Waals surface area (Å²) in [5.41, 5.74) is 0.621. The van der Waals surface area contributed by atoms with Gasteiger partial charge in [0.15, 0.2) is 0 Å². The molecule has 3 rings (SSSR count). The minimum atomic E-state index is -4.51. The zero-order valence-electron chi connectivity index (χ0n) is 15.7. The number of rotatable bonds is 3. The normalized spacial score (nSPS) is 15.7. The molecule has 2 heterocycles. The number of carbonyl (C=O) groups is 1. The van der Waals surface area contributed by atoms with Crippen molar-refractivity contribution in [2.24, 2.45) is 0 Å². The summed E-state index contributed by atoms with van der Waals surface area (Å²) in [5.74, 6) is 0.242. The molecule has 1 aromatic heterocycles. The molecule has 8 heteroatoms. The van der Waals surface area contributed by atoms with E-state index in [2.05, 4.69) is 9.97 Å². The highest BCUT2D eigenvalue weighted by atomic mass is 19.4. The largest absolute Gasteiger partial charge is 0.433 e. The monoisotopic (exact) mass is 390 g/mol. The van der Waals surface area contributed by atoms with Crippen LogP contribution in [0.5, 0.6) is 0 Å². The average molecular weight is 390 g/mol. The van der Waals surface area contributed by atoms with Crippen molar-refractivity contribution in [3.63, 3.8) is 0 Å². The minimum absolute atomic E-state index is 0.0710. The molecule has 1 amide bonds. The summed E-state index contributed by atoms with van der Waals surface area (Å²) in [5, 5.41) is 0. The first-order valence-electron chi connectivity index (χ1n) is 8.94. The van der Waals surface area contributed by atoms with Crippen LogP contribution in [0.15, 0.2) is 42.0 Å². The van der Waals surface area contributed by atoms with Gasteiger partial charge in [0, 0.05) is 37.8 Å². The number of piperazine rings is 1. The van der Waals surface area contributed by atoms with Crippen LogP contribution in [0.2, 0.25) is 0 Å². The van der Waals surface area contributed by atoms with Crippen molar-refractivity contribution in [3.8, 4) is 0 Å². The summed E-state index contributed by atoms with van der Waals surface area (Å²) in [6.07, 6.45) is -2.68. The molecular weight excluding hydrogens is 369 g/mol. The molecule has 0 bridgehead atoms. The van der Waals surface area contributed by atoms with E-state index in [1.165, 1.54) is 6.92 Å². The maximum absolute atomic E-state index is 13.0. The average Bonchev–Trinajstić information content (AvgIpc) is 2.67. The second-order valence-corrected chi connectivity index (χ2v) is 6.67. The number of nitrogens with zero attached hydrogens (tertiary/aromatic N) is 4. The quantitative estimate of drug-likeness (QED) is 0.752. The first-order chi connectivity index (χ1) is 13.2.